The Balaban J connectivity index is 1.17. The molecule has 5 aromatic carbocycles. The lowest BCUT2D eigenvalue weighted by atomic mass is 10.0. The molecular formula is C34H24N6. The fourth-order valence-electron chi connectivity index (χ4n) is 6.35. The fourth-order valence-corrected chi connectivity index (χ4v) is 6.35. The minimum absolute atomic E-state index is 0.0731. The summed E-state index contributed by atoms with van der Waals surface area (Å²) in [5.74, 6) is 1.98. The molecule has 7 aromatic rings. The molecule has 2 aliphatic heterocycles. The summed E-state index contributed by atoms with van der Waals surface area (Å²) in [4.78, 5) is 10.1. The average molecular weight is 517 g/mol. The van der Waals surface area contributed by atoms with E-state index in [1.165, 1.54) is 11.1 Å². The second-order valence-electron chi connectivity index (χ2n) is 10.4. The van der Waals surface area contributed by atoms with E-state index in [0.29, 0.717) is 0 Å². The maximum absolute atomic E-state index is 5.03. The number of nitrogens with one attached hydrogen (secondary N) is 2. The molecule has 6 nitrogen and oxygen atoms in total. The molecule has 40 heavy (non-hydrogen) atoms. The molecule has 2 aromatic heterocycles. The van der Waals surface area contributed by atoms with Gasteiger partial charge in [0.2, 0.25) is 0 Å². The summed E-state index contributed by atoms with van der Waals surface area (Å²) < 4.78 is 4.65. The smallest absolute Gasteiger partial charge is 0.145 e. The van der Waals surface area contributed by atoms with Crippen molar-refractivity contribution in [3.63, 3.8) is 0 Å². The lowest BCUT2D eigenvalue weighted by Crippen LogP contribution is -2.26. The van der Waals surface area contributed by atoms with Crippen molar-refractivity contribution in [2.24, 2.45) is 0 Å². The van der Waals surface area contributed by atoms with Gasteiger partial charge in [0.05, 0.1) is 22.1 Å². The van der Waals surface area contributed by atoms with E-state index >= 15 is 0 Å². The monoisotopic (exact) mass is 516 g/mol. The van der Waals surface area contributed by atoms with Crippen molar-refractivity contribution in [1.82, 2.24) is 19.1 Å². The van der Waals surface area contributed by atoms with Crippen LogP contribution in [0.2, 0.25) is 0 Å². The third kappa shape index (κ3) is 2.98. The lowest BCUT2D eigenvalue weighted by Gasteiger charge is -2.32. The first-order valence-electron chi connectivity index (χ1n) is 13.6. The third-order valence-corrected chi connectivity index (χ3v) is 8.20. The molecule has 4 heterocycles. The van der Waals surface area contributed by atoms with Crippen LogP contribution in [0.3, 0.4) is 0 Å². The fraction of sp³-hybridized carbons (Fsp3) is 0.0588. The maximum atomic E-state index is 5.03. The Bertz CT molecular complexity index is 1930. The van der Waals surface area contributed by atoms with Gasteiger partial charge >= 0.3 is 0 Å². The van der Waals surface area contributed by atoms with Crippen LogP contribution in [-0.4, -0.2) is 19.1 Å². The Labute approximate surface area is 230 Å². The Morgan fingerprint density at radius 2 is 0.850 bits per heavy atom. The summed E-state index contributed by atoms with van der Waals surface area (Å²) in [5.41, 5.74) is 11.0. The zero-order valence-electron chi connectivity index (χ0n) is 21.5. The van der Waals surface area contributed by atoms with Crippen LogP contribution in [0.5, 0.6) is 0 Å². The summed E-state index contributed by atoms with van der Waals surface area (Å²) in [5, 5.41) is 7.58. The molecule has 0 saturated carbocycles. The maximum Gasteiger partial charge on any atom is 0.145 e. The highest BCUT2D eigenvalue weighted by Gasteiger charge is 2.30. The van der Waals surface area contributed by atoms with Crippen LogP contribution in [0.1, 0.15) is 23.5 Å². The zero-order valence-corrected chi connectivity index (χ0v) is 21.5. The van der Waals surface area contributed by atoms with E-state index in [1.807, 2.05) is 12.1 Å². The van der Waals surface area contributed by atoms with Crippen LogP contribution < -0.4 is 10.6 Å². The summed E-state index contributed by atoms with van der Waals surface area (Å²) in [6.07, 6.45) is -0.146. The van der Waals surface area contributed by atoms with E-state index in [-0.39, 0.29) is 12.3 Å². The van der Waals surface area contributed by atoms with Crippen LogP contribution in [0.4, 0.5) is 11.4 Å². The van der Waals surface area contributed by atoms with Crippen LogP contribution in [-0.2, 0) is 0 Å². The average Bonchev–Trinajstić information content (AvgIpc) is 3.60. The molecule has 0 radical (unpaired) electrons. The van der Waals surface area contributed by atoms with E-state index in [0.717, 1.165) is 56.2 Å². The Morgan fingerprint density at radius 1 is 0.450 bits per heavy atom. The van der Waals surface area contributed by atoms with Crippen molar-refractivity contribution in [3.8, 4) is 22.8 Å². The number of anilines is 2. The summed E-state index contributed by atoms with van der Waals surface area (Å²) in [6, 6.07) is 42.5. The van der Waals surface area contributed by atoms with Gasteiger partial charge in [0.25, 0.3) is 0 Å². The molecule has 9 rings (SSSR count). The topological polar surface area (TPSA) is 59.7 Å². The first kappa shape index (κ1) is 21.6. The third-order valence-electron chi connectivity index (χ3n) is 8.20. The van der Waals surface area contributed by atoms with E-state index in [2.05, 4.69) is 129 Å². The normalized spacial score (nSPS) is 16.9. The number of hydrogen-bond donors (Lipinski definition) is 2. The SMILES string of the molecule is c1ccc2c(c1)N[C@H](c1ccc([C@@H]3Nc4ccccc4-c4nc5ccccc5n43)cc1)n1c-2nc2ccccc21. The molecule has 0 bridgehead atoms. The van der Waals surface area contributed by atoms with Gasteiger partial charge in [-0.3, -0.25) is 9.13 Å². The quantitative estimate of drug-likeness (QED) is 0.248. The van der Waals surface area contributed by atoms with E-state index in [9.17, 15) is 0 Å². The van der Waals surface area contributed by atoms with E-state index in [1.54, 1.807) is 0 Å². The Morgan fingerprint density at radius 3 is 1.32 bits per heavy atom. The minimum Gasteiger partial charge on any atom is -0.361 e. The predicted molar refractivity (Wildman–Crippen MR) is 160 cm³/mol. The minimum atomic E-state index is -0.0731. The van der Waals surface area contributed by atoms with Crippen LogP contribution in [0, 0.1) is 0 Å². The molecule has 0 unspecified atom stereocenters. The van der Waals surface area contributed by atoms with E-state index in [4.69, 9.17) is 9.97 Å². The highest BCUT2D eigenvalue weighted by molar-refractivity contribution is 5.88. The highest BCUT2D eigenvalue weighted by atomic mass is 15.3. The number of para-hydroxylation sites is 6. The molecule has 2 atom stereocenters. The molecule has 0 amide bonds. The Hall–Kier alpha value is -5.36. The van der Waals surface area contributed by atoms with Gasteiger partial charge in [0, 0.05) is 22.5 Å². The first-order valence-corrected chi connectivity index (χ1v) is 13.6. The van der Waals surface area contributed by atoms with Gasteiger partial charge in [-0.25, -0.2) is 9.97 Å². The van der Waals surface area contributed by atoms with E-state index < -0.39 is 0 Å². The summed E-state index contributed by atoms with van der Waals surface area (Å²) in [7, 11) is 0. The second-order valence-corrected chi connectivity index (χ2v) is 10.4. The summed E-state index contributed by atoms with van der Waals surface area (Å²) in [6.45, 7) is 0. The number of hydrogen-bond acceptors (Lipinski definition) is 4. The Kier molecular flexibility index (Phi) is 4.35. The van der Waals surface area contributed by atoms with Crippen LogP contribution in [0.15, 0.2) is 121 Å². The van der Waals surface area contributed by atoms with Gasteiger partial charge in [-0.1, -0.05) is 72.8 Å². The second kappa shape index (κ2) is 8.07. The number of nitrogens with zero attached hydrogens (tertiary/aromatic N) is 4. The number of fused-ring (bicyclic) bond motifs is 10. The van der Waals surface area contributed by atoms with Crippen LogP contribution >= 0.6 is 0 Å². The summed E-state index contributed by atoms with van der Waals surface area (Å²) >= 11 is 0. The van der Waals surface area contributed by atoms with Gasteiger partial charge < -0.3 is 10.6 Å². The van der Waals surface area contributed by atoms with Gasteiger partial charge in [-0.2, -0.15) is 0 Å². The number of rotatable bonds is 2. The van der Waals surface area contributed by atoms with Gasteiger partial charge in [-0.15, -0.1) is 0 Å². The molecule has 6 heteroatoms. The molecule has 2 N–H and O–H groups in total. The van der Waals surface area contributed by atoms with Crippen molar-refractivity contribution >= 4 is 33.4 Å². The number of aromatic nitrogens is 4. The van der Waals surface area contributed by atoms with Crippen molar-refractivity contribution < 1.29 is 0 Å². The van der Waals surface area contributed by atoms with Gasteiger partial charge in [0.1, 0.15) is 24.0 Å². The molecule has 0 spiro atoms. The first-order chi connectivity index (χ1) is 19.8. The van der Waals surface area contributed by atoms with Crippen LogP contribution in [0.25, 0.3) is 44.8 Å². The molecule has 0 fully saturated rings. The highest BCUT2D eigenvalue weighted by Crippen LogP contribution is 2.43. The molecule has 0 saturated heterocycles. The van der Waals surface area contributed by atoms with Crippen molar-refractivity contribution in [1.29, 1.82) is 0 Å². The van der Waals surface area contributed by atoms with Crippen molar-refractivity contribution in [2.75, 3.05) is 10.6 Å². The predicted octanol–water partition coefficient (Wildman–Crippen LogP) is 7.66. The molecular weight excluding hydrogens is 492 g/mol. The lowest BCUT2D eigenvalue weighted by molar-refractivity contribution is 0.657. The standard InChI is InChI=1S/C34H24N6/c1-3-11-25-23(9-1)33-37-27-13-5-7-15-29(27)39(33)31(35-25)21-17-19-22(20-18-21)32-36-26-12-4-2-10-24(26)34-38-28-14-6-8-16-30(28)40(32)34/h1-20,31-32,35-36H/t31-,32+. The van der Waals surface area contributed by atoms with Gasteiger partial charge in [0.15, 0.2) is 0 Å². The van der Waals surface area contributed by atoms with Crippen molar-refractivity contribution in [2.45, 2.75) is 12.3 Å². The number of benzene rings is 5. The molecule has 2 aliphatic rings. The van der Waals surface area contributed by atoms with Gasteiger partial charge in [-0.05, 0) is 59.7 Å². The largest absolute Gasteiger partial charge is 0.361 e. The van der Waals surface area contributed by atoms with Crippen molar-refractivity contribution in [3.05, 3.63) is 132 Å². The molecule has 0 aliphatic carbocycles. The molecule has 190 valence electrons. The number of imidazole rings is 2. The zero-order chi connectivity index (χ0) is 26.2.